The number of carbonyl (C=O) groups is 1. The van der Waals surface area contributed by atoms with E-state index in [2.05, 4.69) is 10.6 Å². The van der Waals surface area contributed by atoms with Crippen LogP contribution in [0, 0.1) is 0 Å². The van der Waals surface area contributed by atoms with Gasteiger partial charge in [-0.1, -0.05) is 6.07 Å². The number of benzene rings is 1. The van der Waals surface area contributed by atoms with Crippen LogP contribution < -0.4 is 20.1 Å². The fraction of sp³-hybridized carbons (Fsp3) is 0.417. The minimum atomic E-state index is -0.136. The Morgan fingerprint density at radius 3 is 2.76 bits per heavy atom. The molecule has 1 rings (SSSR count). The van der Waals surface area contributed by atoms with E-state index in [0.29, 0.717) is 18.0 Å². The molecule has 1 aromatic carbocycles. The van der Waals surface area contributed by atoms with Crippen molar-refractivity contribution in [1.29, 1.82) is 0 Å². The van der Waals surface area contributed by atoms with Crippen molar-refractivity contribution in [2.75, 3.05) is 33.9 Å². The number of hydrogen-bond donors (Lipinski definition) is 2. The molecule has 5 heteroatoms. The lowest BCUT2D eigenvalue weighted by molar-refractivity contribution is -0.123. The molecule has 0 heterocycles. The van der Waals surface area contributed by atoms with Crippen molar-refractivity contribution in [2.45, 2.75) is 0 Å². The molecular weight excluding hydrogens is 220 g/mol. The summed E-state index contributed by atoms with van der Waals surface area (Å²) in [5, 5.41) is 5.66. The van der Waals surface area contributed by atoms with E-state index in [1.54, 1.807) is 19.2 Å². The number of rotatable bonds is 7. The number of nitrogens with one attached hydrogen (secondary N) is 2. The molecule has 0 aliphatic rings. The van der Waals surface area contributed by atoms with Crippen LogP contribution in [0.4, 0.5) is 0 Å². The molecule has 0 atom stereocenters. The van der Waals surface area contributed by atoms with Crippen molar-refractivity contribution in [3.8, 4) is 11.5 Å². The van der Waals surface area contributed by atoms with Crippen LogP contribution in [0.2, 0.25) is 0 Å². The van der Waals surface area contributed by atoms with Gasteiger partial charge in [0, 0.05) is 19.2 Å². The molecule has 0 saturated heterocycles. The first-order valence-corrected chi connectivity index (χ1v) is 5.44. The lowest BCUT2D eigenvalue weighted by Crippen LogP contribution is -2.33. The van der Waals surface area contributed by atoms with Crippen LogP contribution in [-0.2, 0) is 4.79 Å². The maximum Gasteiger partial charge on any atom is 0.257 e. The SMILES string of the molecule is CNCCNC(=O)COc1cccc(OC)c1. The van der Waals surface area contributed by atoms with Gasteiger partial charge in [-0.3, -0.25) is 4.79 Å². The lowest BCUT2D eigenvalue weighted by atomic mass is 10.3. The highest BCUT2D eigenvalue weighted by molar-refractivity contribution is 5.77. The third kappa shape index (κ3) is 5.21. The second-order valence-corrected chi connectivity index (χ2v) is 3.42. The van der Waals surface area contributed by atoms with Gasteiger partial charge in [0.2, 0.25) is 0 Å². The average Bonchev–Trinajstić information content (AvgIpc) is 2.37. The fourth-order valence-corrected chi connectivity index (χ4v) is 1.22. The highest BCUT2D eigenvalue weighted by Gasteiger charge is 2.02. The van der Waals surface area contributed by atoms with Gasteiger partial charge in [0.05, 0.1) is 7.11 Å². The Bertz CT molecular complexity index is 355. The van der Waals surface area contributed by atoms with Crippen LogP contribution in [-0.4, -0.2) is 39.8 Å². The second kappa shape index (κ2) is 7.51. The number of ether oxygens (including phenoxy) is 2. The average molecular weight is 238 g/mol. The predicted molar refractivity (Wildman–Crippen MR) is 65.4 cm³/mol. The predicted octanol–water partition coefficient (Wildman–Crippen LogP) is 0.410. The molecule has 0 spiro atoms. The minimum absolute atomic E-state index is 0.0108. The van der Waals surface area contributed by atoms with Crippen LogP contribution in [0.3, 0.4) is 0 Å². The van der Waals surface area contributed by atoms with Gasteiger partial charge < -0.3 is 20.1 Å². The highest BCUT2D eigenvalue weighted by Crippen LogP contribution is 2.18. The molecule has 94 valence electrons. The van der Waals surface area contributed by atoms with Crippen LogP contribution in [0.15, 0.2) is 24.3 Å². The number of hydrogen-bond acceptors (Lipinski definition) is 4. The zero-order valence-electron chi connectivity index (χ0n) is 10.2. The summed E-state index contributed by atoms with van der Waals surface area (Å²) in [6.07, 6.45) is 0. The third-order valence-corrected chi connectivity index (χ3v) is 2.11. The Kier molecular flexibility index (Phi) is 5.88. The van der Waals surface area contributed by atoms with E-state index in [-0.39, 0.29) is 12.5 Å². The van der Waals surface area contributed by atoms with Crippen molar-refractivity contribution in [1.82, 2.24) is 10.6 Å². The van der Waals surface area contributed by atoms with Crippen molar-refractivity contribution in [3.63, 3.8) is 0 Å². The van der Waals surface area contributed by atoms with Gasteiger partial charge in [-0.25, -0.2) is 0 Å². The number of methoxy groups -OCH3 is 1. The smallest absolute Gasteiger partial charge is 0.257 e. The van der Waals surface area contributed by atoms with E-state index in [4.69, 9.17) is 9.47 Å². The first kappa shape index (κ1) is 13.3. The summed E-state index contributed by atoms with van der Waals surface area (Å²) in [5.74, 6) is 1.19. The van der Waals surface area contributed by atoms with Gasteiger partial charge in [-0.15, -0.1) is 0 Å². The molecule has 0 aliphatic heterocycles. The molecule has 1 amide bonds. The van der Waals surface area contributed by atoms with E-state index in [9.17, 15) is 4.79 Å². The lowest BCUT2D eigenvalue weighted by Gasteiger charge is -2.08. The largest absolute Gasteiger partial charge is 0.497 e. The van der Waals surface area contributed by atoms with Crippen LogP contribution >= 0.6 is 0 Å². The Morgan fingerprint density at radius 1 is 1.29 bits per heavy atom. The number of likely N-dealkylation sites (N-methyl/N-ethyl adjacent to an activating group) is 1. The third-order valence-electron chi connectivity index (χ3n) is 2.11. The molecule has 1 aromatic rings. The van der Waals surface area contributed by atoms with E-state index in [1.807, 2.05) is 19.2 Å². The van der Waals surface area contributed by atoms with E-state index in [1.165, 1.54) is 0 Å². The summed E-state index contributed by atoms with van der Waals surface area (Å²) in [7, 11) is 3.42. The van der Waals surface area contributed by atoms with E-state index < -0.39 is 0 Å². The topological polar surface area (TPSA) is 59.6 Å². The minimum Gasteiger partial charge on any atom is -0.497 e. The Balaban J connectivity index is 2.31. The van der Waals surface area contributed by atoms with Gasteiger partial charge in [-0.05, 0) is 19.2 Å². The quantitative estimate of drug-likeness (QED) is 0.675. The highest BCUT2D eigenvalue weighted by atomic mass is 16.5. The summed E-state index contributed by atoms with van der Waals surface area (Å²) in [6.45, 7) is 1.35. The van der Waals surface area contributed by atoms with Crippen LogP contribution in [0.5, 0.6) is 11.5 Å². The van der Waals surface area contributed by atoms with Gasteiger partial charge in [-0.2, -0.15) is 0 Å². The maximum absolute atomic E-state index is 11.4. The number of amides is 1. The second-order valence-electron chi connectivity index (χ2n) is 3.42. The molecule has 0 unspecified atom stereocenters. The Morgan fingerprint density at radius 2 is 2.06 bits per heavy atom. The molecular formula is C12H18N2O3. The molecule has 0 saturated carbocycles. The molecule has 0 radical (unpaired) electrons. The normalized spacial score (nSPS) is 9.76. The first-order chi connectivity index (χ1) is 8.26. The summed E-state index contributed by atoms with van der Waals surface area (Å²) in [5.41, 5.74) is 0. The molecule has 2 N–H and O–H groups in total. The molecule has 0 bridgehead atoms. The monoisotopic (exact) mass is 238 g/mol. The summed E-state index contributed by atoms with van der Waals surface area (Å²) in [4.78, 5) is 11.4. The van der Waals surface area contributed by atoms with Crippen LogP contribution in [0.25, 0.3) is 0 Å². The van der Waals surface area contributed by atoms with E-state index >= 15 is 0 Å². The molecule has 0 fully saturated rings. The Labute approximate surface area is 101 Å². The van der Waals surface area contributed by atoms with Crippen molar-refractivity contribution < 1.29 is 14.3 Å². The molecule has 0 aliphatic carbocycles. The van der Waals surface area contributed by atoms with Crippen LogP contribution in [0.1, 0.15) is 0 Å². The zero-order valence-corrected chi connectivity index (χ0v) is 10.2. The van der Waals surface area contributed by atoms with Gasteiger partial charge in [0.15, 0.2) is 6.61 Å². The molecule has 17 heavy (non-hydrogen) atoms. The zero-order chi connectivity index (χ0) is 12.5. The summed E-state index contributed by atoms with van der Waals surface area (Å²) >= 11 is 0. The van der Waals surface area contributed by atoms with Crippen molar-refractivity contribution in [2.24, 2.45) is 0 Å². The first-order valence-electron chi connectivity index (χ1n) is 5.44. The van der Waals surface area contributed by atoms with Crippen molar-refractivity contribution >= 4 is 5.91 Å². The summed E-state index contributed by atoms with van der Waals surface area (Å²) < 4.78 is 10.4. The molecule has 5 nitrogen and oxygen atoms in total. The molecule has 0 aromatic heterocycles. The Hall–Kier alpha value is -1.75. The van der Waals surface area contributed by atoms with Gasteiger partial charge in [0.25, 0.3) is 5.91 Å². The van der Waals surface area contributed by atoms with Gasteiger partial charge in [0.1, 0.15) is 11.5 Å². The summed E-state index contributed by atoms with van der Waals surface area (Å²) in [6, 6.07) is 7.15. The number of carbonyl (C=O) groups excluding carboxylic acids is 1. The maximum atomic E-state index is 11.4. The van der Waals surface area contributed by atoms with E-state index in [0.717, 1.165) is 6.54 Å². The van der Waals surface area contributed by atoms with Gasteiger partial charge >= 0.3 is 0 Å². The standard InChI is InChI=1S/C12H18N2O3/c1-13-6-7-14-12(15)9-17-11-5-3-4-10(8-11)16-2/h3-5,8,13H,6-7,9H2,1-2H3,(H,14,15). The van der Waals surface area contributed by atoms with Crippen molar-refractivity contribution in [3.05, 3.63) is 24.3 Å². The fourth-order valence-electron chi connectivity index (χ4n) is 1.22.